The van der Waals surface area contributed by atoms with Crippen molar-refractivity contribution in [1.82, 2.24) is 15.0 Å². The van der Waals surface area contributed by atoms with Crippen LogP contribution in [0.5, 0.6) is 5.75 Å². The van der Waals surface area contributed by atoms with Gasteiger partial charge in [-0.25, -0.2) is 4.98 Å². The second kappa shape index (κ2) is 7.11. The minimum Gasteiger partial charge on any atom is -0.496 e. The number of nitrogens with zero attached hydrogens (tertiary/aromatic N) is 1. The molecule has 0 aliphatic heterocycles. The number of benzene rings is 1. The molecule has 140 valence electrons. The molecule has 2 N–H and O–H groups in total. The van der Waals surface area contributed by atoms with Gasteiger partial charge >= 0.3 is 0 Å². The van der Waals surface area contributed by atoms with E-state index in [2.05, 4.69) is 15.0 Å². The monoisotopic (exact) mass is 367 g/mol. The van der Waals surface area contributed by atoms with E-state index in [-0.39, 0.29) is 16.1 Å². The van der Waals surface area contributed by atoms with E-state index >= 15 is 0 Å². The van der Waals surface area contributed by atoms with Crippen molar-refractivity contribution in [3.8, 4) is 5.75 Å². The first-order valence-corrected chi connectivity index (χ1v) is 8.42. The van der Waals surface area contributed by atoms with Gasteiger partial charge in [0.1, 0.15) is 27.9 Å². The normalized spacial score (nSPS) is 13.2. The Labute approximate surface area is 155 Å². The summed E-state index contributed by atoms with van der Waals surface area (Å²) in [6, 6.07) is 7.22. The van der Waals surface area contributed by atoms with E-state index in [9.17, 15) is 9.59 Å². The zero-order chi connectivity index (χ0) is 19.6. The molecule has 0 unspecified atom stereocenters. The molecule has 7 nitrogen and oxygen atoms in total. The molecule has 0 aliphatic rings. The van der Waals surface area contributed by atoms with E-state index in [1.807, 2.05) is 32.9 Å². The van der Waals surface area contributed by atoms with Gasteiger partial charge in [-0.15, -0.1) is 0 Å². The van der Waals surface area contributed by atoms with Crippen LogP contribution in [0.25, 0.3) is 12.2 Å². The number of aromatic amines is 2. The van der Waals surface area contributed by atoms with E-state index < -0.39 is 11.1 Å². The zero-order valence-corrected chi connectivity index (χ0v) is 15.6. The summed E-state index contributed by atoms with van der Waals surface area (Å²) < 4.78 is 10.7. The summed E-state index contributed by atoms with van der Waals surface area (Å²) in [5, 5.41) is 0.245. The van der Waals surface area contributed by atoms with Crippen molar-refractivity contribution in [2.24, 2.45) is 0 Å². The number of hydrogen-bond donors (Lipinski definition) is 2. The van der Waals surface area contributed by atoms with Crippen LogP contribution in [0.1, 0.15) is 37.8 Å². The third-order valence-electron chi connectivity index (χ3n) is 3.98. The van der Waals surface area contributed by atoms with Gasteiger partial charge in [0, 0.05) is 11.0 Å². The van der Waals surface area contributed by atoms with Gasteiger partial charge in [0.05, 0.1) is 7.11 Å². The van der Waals surface area contributed by atoms with Gasteiger partial charge in [-0.05, 0) is 18.2 Å². The molecule has 0 bridgehead atoms. The largest absolute Gasteiger partial charge is 0.496 e. The SMILES string of the molecule is COc1ccccc1/C=c1\[nH]c(=O)/c(=C/c2ncoc2C(C)(C)C)[nH]c1=O. The van der Waals surface area contributed by atoms with Gasteiger partial charge in [-0.2, -0.15) is 0 Å². The van der Waals surface area contributed by atoms with Crippen LogP contribution in [-0.2, 0) is 5.41 Å². The molecule has 27 heavy (non-hydrogen) atoms. The quantitative estimate of drug-likeness (QED) is 0.720. The van der Waals surface area contributed by atoms with E-state index in [4.69, 9.17) is 9.15 Å². The second-order valence-electron chi connectivity index (χ2n) is 7.08. The first-order valence-electron chi connectivity index (χ1n) is 8.42. The van der Waals surface area contributed by atoms with Crippen molar-refractivity contribution in [2.45, 2.75) is 26.2 Å². The highest BCUT2D eigenvalue weighted by molar-refractivity contribution is 5.56. The maximum absolute atomic E-state index is 12.5. The van der Waals surface area contributed by atoms with Crippen molar-refractivity contribution >= 4 is 12.2 Å². The molecule has 1 aromatic carbocycles. The Morgan fingerprint density at radius 2 is 1.67 bits per heavy atom. The minimum atomic E-state index is -0.432. The first kappa shape index (κ1) is 18.4. The number of nitrogens with one attached hydrogen (secondary N) is 2. The van der Waals surface area contributed by atoms with Crippen molar-refractivity contribution in [1.29, 1.82) is 0 Å². The maximum Gasteiger partial charge on any atom is 0.272 e. The lowest BCUT2D eigenvalue weighted by atomic mass is 9.92. The van der Waals surface area contributed by atoms with Gasteiger partial charge < -0.3 is 19.1 Å². The number of hydrogen-bond acceptors (Lipinski definition) is 5. The van der Waals surface area contributed by atoms with Crippen LogP contribution in [0.15, 0.2) is 44.7 Å². The van der Waals surface area contributed by atoms with Gasteiger partial charge in [-0.1, -0.05) is 39.0 Å². The smallest absolute Gasteiger partial charge is 0.272 e. The molecule has 0 radical (unpaired) electrons. The molecule has 3 aromatic rings. The third kappa shape index (κ3) is 3.92. The first-order chi connectivity index (χ1) is 12.8. The van der Waals surface area contributed by atoms with Crippen LogP contribution in [0, 0.1) is 0 Å². The Balaban J connectivity index is 2.15. The average Bonchev–Trinajstić information content (AvgIpc) is 3.08. The second-order valence-corrected chi connectivity index (χ2v) is 7.08. The summed E-state index contributed by atoms with van der Waals surface area (Å²) in [5.41, 5.74) is 0.0492. The average molecular weight is 367 g/mol. The third-order valence-corrected chi connectivity index (χ3v) is 3.98. The number of para-hydroxylation sites is 1. The lowest BCUT2D eigenvalue weighted by Crippen LogP contribution is -2.46. The molecule has 0 fully saturated rings. The zero-order valence-electron chi connectivity index (χ0n) is 15.6. The van der Waals surface area contributed by atoms with Crippen LogP contribution >= 0.6 is 0 Å². The van der Waals surface area contributed by atoms with Gasteiger partial charge in [0.2, 0.25) is 0 Å². The predicted octanol–water partition coefficient (Wildman–Crippen LogP) is 1.01. The molecule has 0 atom stereocenters. The maximum atomic E-state index is 12.5. The molecule has 0 aliphatic carbocycles. The fourth-order valence-electron chi connectivity index (χ4n) is 2.69. The number of oxazole rings is 1. The molecule has 2 aromatic heterocycles. The van der Waals surface area contributed by atoms with E-state index in [0.717, 1.165) is 0 Å². The van der Waals surface area contributed by atoms with Crippen LogP contribution in [0.3, 0.4) is 0 Å². The molecule has 2 heterocycles. The van der Waals surface area contributed by atoms with Crippen LogP contribution in [0.4, 0.5) is 0 Å². The summed E-state index contributed by atoms with van der Waals surface area (Å²) in [6.07, 6.45) is 4.40. The Kier molecular flexibility index (Phi) is 4.85. The van der Waals surface area contributed by atoms with Crippen molar-refractivity contribution < 1.29 is 9.15 Å². The summed E-state index contributed by atoms with van der Waals surface area (Å²) in [6.45, 7) is 5.93. The molecule has 0 saturated carbocycles. The van der Waals surface area contributed by atoms with Crippen molar-refractivity contribution in [3.63, 3.8) is 0 Å². The fourth-order valence-corrected chi connectivity index (χ4v) is 2.69. The lowest BCUT2D eigenvalue weighted by molar-refractivity contribution is 0.407. The summed E-state index contributed by atoms with van der Waals surface area (Å²) in [4.78, 5) is 34.3. The topological polar surface area (TPSA) is 101 Å². The Bertz CT molecular complexity index is 1190. The Hall–Kier alpha value is -3.35. The number of H-pyrrole nitrogens is 2. The van der Waals surface area contributed by atoms with Crippen molar-refractivity contribution in [3.05, 3.63) is 79.1 Å². The number of methoxy groups -OCH3 is 1. The highest BCUT2D eigenvalue weighted by atomic mass is 16.5. The van der Waals surface area contributed by atoms with Gasteiger partial charge in [0.25, 0.3) is 11.1 Å². The van der Waals surface area contributed by atoms with E-state index in [0.29, 0.717) is 22.8 Å². The molecule has 7 heteroatoms. The van der Waals surface area contributed by atoms with E-state index in [1.54, 1.807) is 25.3 Å². The molecule has 0 amide bonds. The van der Waals surface area contributed by atoms with Crippen molar-refractivity contribution in [2.75, 3.05) is 7.11 Å². The number of ether oxygens (including phenoxy) is 1. The highest BCUT2D eigenvalue weighted by Crippen LogP contribution is 2.25. The Morgan fingerprint density at radius 3 is 2.30 bits per heavy atom. The van der Waals surface area contributed by atoms with Crippen LogP contribution in [-0.4, -0.2) is 22.1 Å². The standard InChI is InChI=1S/C20H21N3O4/c1-20(2,3)17-13(21-11-27-17)10-15-19(25)22-14(18(24)23-15)9-12-7-5-6-8-16(12)26-4/h5-11H,1-4H3,(H,22,25)(H,23,24)/b14-9-,15-10-. The Morgan fingerprint density at radius 1 is 1.04 bits per heavy atom. The van der Waals surface area contributed by atoms with Crippen LogP contribution < -0.4 is 26.6 Å². The fraction of sp³-hybridized carbons (Fsp3) is 0.250. The summed E-state index contributed by atoms with van der Waals surface area (Å²) in [7, 11) is 1.54. The number of aromatic nitrogens is 3. The lowest BCUT2D eigenvalue weighted by Gasteiger charge is -2.14. The summed E-state index contributed by atoms with van der Waals surface area (Å²) in [5.74, 6) is 1.23. The molecule has 0 spiro atoms. The van der Waals surface area contributed by atoms with Crippen LogP contribution in [0.2, 0.25) is 0 Å². The van der Waals surface area contributed by atoms with E-state index in [1.165, 1.54) is 12.5 Å². The van der Waals surface area contributed by atoms with Gasteiger partial charge in [-0.3, -0.25) is 9.59 Å². The van der Waals surface area contributed by atoms with Gasteiger partial charge in [0.15, 0.2) is 6.39 Å². The highest BCUT2D eigenvalue weighted by Gasteiger charge is 2.21. The molecule has 0 saturated heterocycles. The minimum absolute atomic E-state index is 0.108. The summed E-state index contributed by atoms with van der Waals surface area (Å²) >= 11 is 0. The molecule has 3 rings (SSSR count). The molecular weight excluding hydrogens is 346 g/mol. The number of rotatable bonds is 3. The predicted molar refractivity (Wildman–Crippen MR) is 102 cm³/mol. The molecular formula is C20H21N3O4.